The first-order valence-corrected chi connectivity index (χ1v) is 7.33. The summed E-state index contributed by atoms with van der Waals surface area (Å²) in [4.78, 5) is 22.8. The summed E-state index contributed by atoms with van der Waals surface area (Å²) in [6.45, 7) is 2.00. The van der Waals surface area contributed by atoms with Crippen molar-refractivity contribution in [2.45, 2.75) is 44.6 Å². The molecule has 1 atom stereocenters. The predicted molar refractivity (Wildman–Crippen MR) is 82.3 cm³/mol. The van der Waals surface area contributed by atoms with Gasteiger partial charge in [0.05, 0.1) is 13.2 Å². The van der Waals surface area contributed by atoms with Gasteiger partial charge in [0.2, 0.25) is 5.91 Å². The molecule has 7 heteroatoms. The Morgan fingerprint density at radius 3 is 2.57 bits per heavy atom. The number of ether oxygens (including phenoxy) is 2. The Morgan fingerprint density at radius 1 is 1.29 bits per heavy atom. The van der Waals surface area contributed by atoms with E-state index in [1.165, 1.54) is 7.11 Å². The maximum absolute atomic E-state index is 11.9. The van der Waals surface area contributed by atoms with Gasteiger partial charge in [-0.25, -0.2) is 0 Å². The van der Waals surface area contributed by atoms with Crippen LogP contribution in [0, 0.1) is 5.92 Å². The van der Waals surface area contributed by atoms with E-state index in [0.29, 0.717) is 26.2 Å². The maximum Gasteiger partial charge on any atom is 0.305 e. The summed E-state index contributed by atoms with van der Waals surface area (Å²) in [7, 11) is 1.39. The van der Waals surface area contributed by atoms with Crippen LogP contribution in [0.4, 0.5) is 0 Å². The Kier molecular flexibility index (Phi) is 11.3. The van der Waals surface area contributed by atoms with E-state index in [9.17, 15) is 9.59 Å². The molecule has 1 amide bonds. The van der Waals surface area contributed by atoms with Crippen LogP contribution in [0.25, 0.3) is 0 Å². The zero-order chi connectivity index (χ0) is 14.8. The number of esters is 1. The Balaban J connectivity index is 0.00000400. The van der Waals surface area contributed by atoms with E-state index in [1.807, 2.05) is 0 Å². The number of amides is 1. The first-order valence-electron chi connectivity index (χ1n) is 7.33. The lowest BCUT2D eigenvalue weighted by Gasteiger charge is -2.26. The summed E-state index contributed by atoms with van der Waals surface area (Å²) in [5.41, 5.74) is 5.96. The fourth-order valence-corrected chi connectivity index (χ4v) is 2.29. The lowest BCUT2D eigenvalue weighted by molar-refractivity contribution is -0.140. The fraction of sp³-hybridized carbons (Fsp3) is 0.857. The molecule has 0 radical (unpaired) electrons. The van der Waals surface area contributed by atoms with Crippen LogP contribution in [0.3, 0.4) is 0 Å². The minimum Gasteiger partial charge on any atom is -0.469 e. The number of rotatable bonds is 8. The van der Waals surface area contributed by atoms with E-state index in [2.05, 4.69) is 10.1 Å². The number of hydrogen-bond acceptors (Lipinski definition) is 5. The van der Waals surface area contributed by atoms with Gasteiger partial charge < -0.3 is 20.5 Å². The van der Waals surface area contributed by atoms with Crippen molar-refractivity contribution in [3.05, 3.63) is 0 Å². The van der Waals surface area contributed by atoms with E-state index in [4.69, 9.17) is 10.5 Å². The Labute approximate surface area is 132 Å². The molecule has 1 rings (SSSR count). The van der Waals surface area contributed by atoms with Gasteiger partial charge in [-0.2, -0.15) is 0 Å². The average molecular weight is 323 g/mol. The largest absolute Gasteiger partial charge is 0.469 e. The molecule has 124 valence electrons. The number of halogens is 1. The predicted octanol–water partition coefficient (Wildman–Crippen LogP) is 1.01. The van der Waals surface area contributed by atoms with Crippen molar-refractivity contribution in [3.8, 4) is 0 Å². The number of methoxy groups -OCH3 is 1. The average Bonchev–Trinajstić information content (AvgIpc) is 2.50. The summed E-state index contributed by atoms with van der Waals surface area (Å²) in [6.07, 6.45) is 4.67. The number of unbranched alkanes of at least 4 members (excludes halogenated alkanes) is 2. The highest BCUT2D eigenvalue weighted by molar-refractivity contribution is 5.85. The molecular weight excluding hydrogens is 296 g/mol. The molecule has 0 aromatic heterocycles. The number of nitrogens with one attached hydrogen (secondary N) is 1. The van der Waals surface area contributed by atoms with E-state index in [0.717, 1.165) is 32.1 Å². The Hall–Kier alpha value is -0.850. The molecular formula is C14H27ClN2O4. The third-order valence-corrected chi connectivity index (χ3v) is 3.66. The minimum absolute atomic E-state index is 0. The SMILES string of the molecule is COC(=O)CCCCCNC(=O)C(N)C1CCOCC1.Cl. The van der Waals surface area contributed by atoms with E-state index >= 15 is 0 Å². The monoisotopic (exact) mass is 322 g/mol. The van der Waals surface area contributed by atoms with Crippen molar-refractivity contribution < 1.29 is 19.1 Å². The zero-order valence-corrected chi connectivity index (χ0v) is 13.5. The molecule has 1 aliphatic rings. The summed E-state index contributed by atoms with van der Waals surface area (Å²) in [6, 6.07) is -0.436. The highest BCUT2D eigenvalue weighted by Gasteiger charge is 2.26. The summed E-state index contributed by atoms with van der Waals surface area (Å²) < 4.78 is 9.82. The van der Waals surface area contributed by atoms with Crippen LogP contribution in [0.1, 0.15) is 38.5 Å². The molecule has 0 aromatic rings. The molecule has 0 saturated carbocycles. The highest BCUT2D eigenvalue weighted by Crippen LogP contribution is 2.17. The van der Waals surface area contributed by atoms with Crippen LogP contribution >= 0.6 is 12.4 Å². The van der Waals surface area contributed by atoms with E-state index in [-0.39, 0.29) is 30.2 Å². The van der Waals surface area contributed by atoms with Crippen molar-refractivity contribution in [3.63, 3.8) is 0 Å². The molecule has 1 heterocycles. The van der Waals surface area contributed by atoms with E-state index in [1.54, 1.807) is 0 Å². The normalized spacial score (nSPS) is 16.7. The second kappa shape index (κ2) is 11.8. The van der Waals surface area contributed by atoms with Gasteiger partial charge in [-0.05, 0) is 31.6 Å². The lowest BCUT2D eigenvalue weighted by atomic mass is 9.92. The highest BCUT2D eigenvalue weighted by atomic mass is 35.5. The molecule has 3 N–H and O–H groups in total. The molecule has 1 aliphatic heterocycles. The Morgan fingerprint density at radius 2 is 1.95 bits per heavy atom. The third kappa shape index (κ3) is 8.24. The van der Waals surface area contributed by atoms with Crippen LogP contribution in [-0.4, -0.2) is 44.8 Å². The molecule has 0 aliphatic carbocycles. The van der Waals surface area contributed by atoms with Gasteiger partial charge in [-0.3, -0.25) is 9.59 Å². The maximum atomic E-state index is 11.9. The van der Waals surface area contributed by atoms with Crippen molar-refractivity contribution in [1.82, 2.24) is 5.32 Å². The summed E-state index contributed by atoms with van der Waals surface area (Å²) >= 11 is 0. The van der Waals surface area contributed by atoms with Gasteiger partial charge in [0.25, 0.3) is 0 Å². The van der Waals surface area contributed by atoms with Crippen molar-refractivity contribution in [2.24, 2.45) is 11.7 Å². The van der Waals surface area contributed by atoms with Crippen molar-refractivity contribution in [2.75, 3.05) is 26.9 Å². The van der Waals surface area contributed by atoms with Crippen LogP contribution in [0.5, 0.6) is 0 Å². The molecule has 6 nitrogen and oxygen atoms in total. The van der Waals surface area contributed by atoms with Crippen LogP contribution < -0.4 is 11.1 Å². The molecule has 1 fully saturated rings. The van der Waals surface area contributed by atoms with Gasteiger partial charge in [-0.1, -0.05) is 6.42 Å². The van der Waals surface area contributed by atoms with Crippen molar-refractivity contribution in [1.29, 1.82) is 0 Å². The molecule has 0 bridgehead atoms. The minimum atomic E-state index is -0.436. The van der Waals surface area contributed by atoms with Gasteiger partial charge in [-0.15, -0.1) is 12.4 Å². The molecule has 1 saturated heterocycles. The topological polar surface area (TPSA) is 90.7 Å². The zero-order valence-electron chi connectivity index (χ0n) is 12.6. The Bertz CT molecular complexity index is 309. The number of carbonyl (C=O) groups excluding carboxylic acids is 2. The molecule has 21 heavy (non-hydrogen) atoms. The molecule has 1 unspecified atom stereocenters. The number of hydrogen-bond donors (Lipinski definition) is 2. The number of carbonyl (C=O) groups is 2. The van der Waals surface area contributed by atoms with Crippen LogP contribution in [0.2, 0.25) is 0 Å². The number of nitrogens with two attached hydrogens (primary N) is 1. The van der Waals surface area contributed by atoms with Gasteiger partial charge in [0.15, 0.2) is 0 Å². The lowest BCUT2D eigenvalue weighted by Crippen LogP contribution is -2.47. The third-order valence-electron chi connectivity index (χ3n) is 3.66. The summed E-state index contributed by atoms with van der Waals surface area (Å²) in [5, 5.41) is 2.86. The molecule has 0 spiro atoms. The molecule has 0 aromatic carbocycles. The standard InChI is InChI=1S/C14H26N2O4.ClH/c1-19-12(17)5-3-2-4-8-16-14(18)13(15)11-6-9-20-10-7-11;/h11,13H,2-10,15H2,1H3,(H,16,18);1H. The van der Waals surface area contributed by atoms with Gasteiger partial charge in [0.1, 0.15) is 0 Å². The van der Waals surface area contributed by atoms with Gasteiger partial charge >= 0.3 is 5.97 Å². The van der Waals surface area contributed by atoms with E-state index < -0.39 is 6.04 Å². The smallest absolute Gasteiger partial charge is 0.305 e. The quantitative estimate of drug-likeness (QED) is 0.514. The van der Waals surface area contributed by atoms with Crippen LogP contribution in [-0.2, 0) is 19.1 Å². The first-order chi connectivity index (χ1) is 9.65. The van der Waals surface area contributed by atoms with Crippen molar-refractivity contribution >= 4 is 24.3 Å². The first kappa shape index (κ1) is 20.1. The second-order valence-corrected chi connectivity index (χ2v) is 5.15. The van der Waals surface area contributed by atoms with Crippen LogP contribution in [0.15, 0.2) is 0 Å². The second-order valence-electron chi connectivity index (χ2n) is 5.15. The van der Waals surface area contributed by atoms with Gasteiger partial charge in [0, 0.05) is 26.2 Å². The fourth-order valence-electron chi connectivity index (χ4n) is 2.29. The summed E-state index contributed by atoms with van der Waals surface area (Å²) in [5.74, 6) is -0.0384.